The maximum atomic E-state index is 12.0. The third-order valence-electron chi connectivity index (χ3n) is 3.35. The Morgan fingerprint density at radius 1 is 1.58 bits per heavy atom. The highest BCUT2D eigenvalue weighted by Gasteiger charge is 2.28. The second kappa shape index (κ2) is 6.63. The molecule has 1 aromatic heterocycles. The lowest BCUT2D eigenvalue weighted by Gasteiger charge is -2.34. The van der Waals surface area contributed by atoms with Crippen molar-refractivity contribution in [2.45, 2.75) is 26.4 Å². The van der Waals surface area contributed by atoms with E-state index in [0.717, 1.165) is 30.9 Å². The molecule has 104 valence electrons. The van der Waals surface area contributed by atoms with Crippen molar-refractivity contribution in [2.24, 2.45) is 0 Å². The molecule has 1 atom stereocenters. The Morgan fingerprint density at radius 3 is 3.11 bits per heavy atom. The van der Waals surface area contributed by atoms with Crippen LogP contribution >= 0.6 is 0 Å². The average molecular weight is 262 g/mol. The lowest BCUT2D eigenvalue weighted by atomic mass is 10.1. The lowest BCUT2D eigenvalue weighted by Crippen LogP contribution is -2.57. The molecular formula is C14H22N4O. The summed E-state index contributed by atoms with van der Waals surface area (Å²) in [6.45, 7) is 7.87. The molecule has 2 rings (SSSR count). The number of carbonyl (C=O) groups excluding carboxylic acids is 1. The van der Waals surface area contributed by atoms with Crippen LogP contribution in [0.3, 0.4) is 0 Å². The van der Waals surface area contributed by atoms with Gasteiger partial charge in [-0.25, -0.2) is 0 Å². The van der Waals surface area contributed by atoms with Gasteiger partial charge >= 0.3 is 0 Å². The quantitative estimate of drug-likeness (QED) is 0.819. The fraction of sp³-hybridized carbons (Fsp3) is 0.571. The summed E-state index contributed by atoms with van der Waals surface area (Å²) in [5, 5.41) is 6.18. The zero-order chi connectivity index (χ0) is 13.7. The Balaban J connectivity index is 2.03. The number of hydrogen-bond donors (Lipinski definition) is 2. The number of likely N-dealkylation sites (N-methyl/N-ethyl adjacent to an activating group) is 1. The first-order valence-corrected chi connectivity index (χ1v) is 6.84. The number of hydrogen-bond acceptors (Lipinski definition) is 4. The van der Waals surface area contributed by atoms with E-state index in [1.54, 1.807) is 0 Å². The summed E-state index contributed by atoms with van der Waals surface area (Å²) >= 11 is 0. The van der Waals surface area contributed by atoms with Gasteiger partial charge in [-0.1, -0.05) is 6.07 Å². The van der Waals surface area contributed by atoms with Gasteiger partial charge in [0.2, 0.25) is 5.91 Å². The second-order valence-electron chi connectivity index (χ2n) is 4.91. The Kier molecular flexibility index (Phi) is 4.87. The summed E-state index contributed by atoms with van der Waals surface area (Å²) in [6, 6.07) is 3.99. The van der Waals surface area contributed by atoms with E-state index in [1.807, 2.05) is 26.1 Å². The topological polar surface area (TPSA) is 57.3 Å². The molecule has 19 heavy (non-hydrogen) atoms. The number of nitrogens with one attached hydrogen (secondary N) is 2. The van der Waals surface area contributed by atoms with Crippen LogP contribution in [0.15, 0.2) is 18.3 Å². The molecule has 1 unspecified atom stereocenters. The Hall–Kier alpha value is -1.46. The van der Waals surface area contributed by atoms with E-state index in [4.69, 9.17) is 0 Å². The minimum Gasteiger partial charge on any atom is -0.355 e. The molecular weight excluding hydrogens is 240 g/mol. The first-order valence-electron chi connectivity index (χ1n) is 6.84. The van der Waals surface area contributed by atoms with Gasteiger partial charge in [-0.05, 0) is 25.5 Å². The molecule has 1 aliphatic rings. The molecule has 0 aliphatic carbocycles. The predicted octanol–water partition coefficient (Wildman–Crippen LogP) is 0.300. The molecule has 0 aromatic carbocycles. The van der Waals surface area contributed by atoms with E-state index in [2.05, 4.69) is 26.6 Å². The number of piperazine rings is 1. The van der Waals surface area contributed by atoms with Crippen molar-refractivity contribution in [3.05, 3.63) is 29.6 Å². The molecule has 1 amide bonds. The highest BCUT2D eigenvalue weighted by molar-refractivity contribution is 5.82. The smallest absolute Gasteiger partial charge is 0.238 e. The first kappa shape index (κ1) is 14.0. The number of nitrogens with zero attached hydrogens (tertiary/aromatic N) is 2. The van der Waals surface area contributed by atoms with E-state index in [-0.39, 0.29) is 11.9 Å². The zero-order valence-corrected chi connectivity index (χ0v) is 11.6. The van der Waals surface area contributed by atoms with Crippen molar-refractivity contribution in [1.29, 1.82) is 0 Å². The van der Waals surface area contributed by atoms with E-state index < -0.39 is 0 Å². The number of amides is 1. The van der Waals surface area contributed by atoms with E-state index in [1.165, 1.54) is 0 Å². The molecule has 1 aliphatic heterocycles. The highest BCUT2D eigenvalue weighted by Crippen LogP contribution is 2.09. The number of aryl methyl sites for hydroxylation is 1. The van der Waals surface area contributed by atoms with Gasteiger partial charge in [0, 0.05) is 38.9 Å². The van der Waals surface area contributed by atoms with Gasteiger partial charge in [-0.3, -0.25) is 14.7 Å². The Labute approximate surface area is 114 Å². The zero-order valence-electron chi connectivity index (χ0n) is 11.6. The summed E-state index contributed by atoms with van der Waals surface area (Å²) in [4.78, 5) is 18.7. The first-order chi connectivity index (χ1) is 9.20. The van der Waals surface area contributed by atoms with Crippen LogP contribution < -0.4 is 10.6 Å². The molecule has 5 nitrogen and oxygen atoms in total. The van der Waals surface area contributed by atoms with Gasteiger partial charge in [0.1, 0.15) is 6.04 Å². The Morgan fingerprint density at radius 2 is 2.42 bits per heavy atom. The van der Waals surface area contributed by atoms with E-state index >= 15 is 0 Å². The number of carbonyl (C=O) groups is 1. The van der Waals surface area contributed by atoms with E-state index in [0.29, 0.717) is 13.1 Å². The molecule has 1 saturated heterocycles. The highest BCUT2D eigenvalue weighted by atomic mass is 16.2. The van der Waals surface area contributed by atoms with Gasteiger partial charge in [0.25, 0.3) is 0 Å². The van der Waals surface area contributed by atoms with Gasteiger partial charge in [-0.2, -0.15) is 0 Å². The maximum absolute atomic E-state index is 12.0. The Bertz CT molecular complexity index is 418. The maximum Gasteiger partial charge on any atom is 0.238 e. The SMILES string of the molecule is CCNC(=O)C1CNCCN1Cc1ccc(C)cn1. The summed E-state index contributed by atoms with van der Waals surface area (Å²) in [5.74, 6) is 0.0989. The van der Waals surface area contributed by atoms with Crippen molar-refractivity contribution >= 4 is 5.91 Å². The average Bonchev–Trinajstić information content (AvgIpc) is 2.42. The number of rotatable bonds is 4. The lowest BCUT2D eigenvalue weighted by molar-refractivity contribution is -0.127. The van der Waals surface area contributed by atoms with Gasteiger partial charge in [0.15, 0.2) is 0 Å². The van der Waals surface area contributed by atoms with Crippen LogP contribution in [0.4, 0.5) is 0 Å². The fourth-order valence-electron chi connectivity index (χ4n) is 2.29. The summed E-state index contributed by atoms with van der Waals surface area (Å²) in [5.41, 5.74) is 2.17. The third kappa shape index (κ3) is 3.75. The standard InChI is InChI=1S/C14H22N4O/c1-3-16-14(19)13-9-15-6-7-18(13)10-12-5-4-11(2)8-17-12/h4-5,8,13,15H,3,6-7,9-10H2,1-2H3,(H,16,19). The van der Waals surface area contributed by atoms with Crippen LogP contribution in [0.2, 0.25) is 0 Å². The van der Waals surface area contributed by atoms with Crippen LogP contribution in [-0.2, 0) is 11.3 Å². The van der Waals surface area contributed by atoms with Gasteiger partial charge in [-0.15, -0.1) is 0 Å². The summed E-state index contributed by atoms with van der Waals surface area (Å²) < 4.78 is 0. The molecule has 0 saturated carbocycles. The van der Waals surface area contributed by atoms with Crippen molar-refractivity contribution in [3.63, 3.8) is 0 Å². The number of aromatic nitrogens is 1. The molecule has 0 bridgehead atoms. The van der Waals surface area contributed by atoms with Crippen molar-refractivity contribution in [1.82, 2.24) is 20.5 Å². The van der Waals surface area contributed by atoms with Crippen LogP contribution in [0.1, 0.15) is 18.2 Å². The largest absolute Gasteiger partial charge is 0.355 e. The molecule has 2 N–H and O–H groups in total. The fourth-order valence-corrected chi connectivity index (χ4v) is 2.29. The minimum atomic E-state index is -0.100. The summed E-state index contributed by atoms with van der Waals surface area (Å²) in [7, 11) is 0. The minimum absolute atomic E-state index is 0.0989. The molecule has 1 aromatic rings. The molecule has 2 heterocycles. The van der Waals surface area contributed by atoms with Crippen molar-refractivity contribution < 1.29 is 4.79 Å². The van der Waals surface area contributed by atoms with Gasteiger partial charge in [0.05, 0.1) is 5.69 Å². The third-order valence-corrected chi connectivity index (χ3v) is 3.35. The molecule has 0 spiro atoms. The monoisotopic (exact) mass is 262 g/mol. The second-order valence-corrected chi connectivity index (χ2v) is 4.91. The van der Waals surface area contributed by atoms with Crippen LogP contribution in [0.5, 0.6) is 0 Å². The predicted molar refractivity (Wildman–Crippen MR) is 74.7 cm³/mol. The molecule has 5 heteroatoms. The normalized spacial score (nSPS) is 20.2. The molecule has 1 fully saturated rings. The van der Waals surface area contributed by atoms with Crippen LogP contribution in [0.25, 0.3) is 0 Å². The number of pyridine rings is 1. The van der Waals surface area contributed by atoms with Gasteiger partial charge < -0.3 is 10.6 Å². The molecule has 0 radical (unpaired) electrons. The van der Waals surface area contributed by atoms with Crippen molar-refractivity contribution in [3.8, 4) is 0 Å². The van der Waals surface area contributed by atoms with Crippen LogP contribution in [0, 0.1) is 6.92 Å². The van der Waals surface area contributed by atoms with Crippen molar-refractivity contribution in [2.75, 3.05) is 26.2 Å². The van der Waals surface area contributed by atoms with Crippen LogP contribution in [-0.4, -0.2) is 48.0 Å². The summed E-state index contributed by atoms with van der Waals surface area (Å²) in [6.07, 6.45) is 1.87. The van der Waals surface area contributed by atoms with E-state index in [9.17, 15) is 4.79 Å².